The highest BCUT2D eigenvalue weighted by molar-refractivity contribution is 7.10. The van der Waals surface area contributed by atoms with Crippen LogP contribution in [-0.2, 0) is 4.79 Å². The van der Waals surface area contributed by atoms with Crippen LogP contribution in [0, 0.1) is 17.2 Å². The molecular formula is C9H9NO3S. The molecule has 0 saturated heterocycles. The quantitative estimate of drug-likeness (QED) is 0.791. The normalized spacial score (nSPS) is 14.4. The summed E-state index contributed by atoms with van der Waals surface area (Å²) >= 11 is 1.19. The zero-order chi connectivity index (χ0) is 10.7. The summed E-state index contributed by atoms with van der Waals surface area (Å²) in [5.74, 6) is -1.91. The number of aliphatic hydroxyl groups is 1. The van der Waals surface area contributed by atoms with Gasteiger partial charge >= 0.3 is 5.97 Å². The van der Waals surface area contributed by atoms with Crippen molar-refractivity contribution in [3.8, 4) is 6.07 Å². The van der Waals surface area contributed by atoms with Gasteiger partial charge in [-0.25, -0.2) is 0 Å². The van der Waals surface area contributed by atoms with E-state index in [9.17, 15) is 9.90 Å². The number of thiophene rings is 1. The molecule has 0 aliphatic rings. The van der Waals surface area contributed by atoms with Crippen molar-refractivity contribution < 1.29 is 15.0 Å². The second-order valence-electron chi connectivity index (χ2n) is 2.92. The van der Waals surface area contributed by atoms with Gasteiger partial charge in [0.2, 0.25) is 0 Å². The maximum atomic E-state index is 10.6. The molecule has 2 atom stereocenters. The van der Waals surface area contributed by atoms with E-state index in [2.05, 4.69) is 0 Å². The van der Waals surface area contributed by atoms with Crippen LogP contribution in [0.5, 0.6) is 0 Å². The number of hydrogen-bond acceptors (Lipinski definition) is 4. The van der Waals surface area contributed by atoms with Crippen molar-refractivity contribution in [1.82, 2.24) is 0 Å². The molecule has 0 aliphatic heterocycles. The second-order valence-corrected chi connectivity index (χ2v) is 3.86. The van der Waals surface area contributed by atoms with Gasteiger partial charge in [0.05, 0.1) is 11.5 Å². The minimum absolute atomic E-state index is 0.446. The van der Waals surface area contributed by atoms with Gasteiger partial charge in [0.15, 0.2) is 0 Å². The van der Waals surface area contributed by atoms with Gasteiger partial charge in [0.25, 0.3) is 0 Å². The number of nitrogens with zero attached hydrogens (tertiary/aromatic N) is 1. The molecule has 5 heteroatoms. The molecule has 2 unspecified atom stereocenters. The number of hydrogen-bond donors (Lipinski definition) is 2. The van der Waals surface area contributed by atoms with Crippen molar-refractivity contribution in [3.63, 3.8) is 0 Å². The fourth-order valence-corrected chi connectivity index (χ4v) is 1.87. The summed E-state index contributed by atoms with van der Waals surface area (Å²) in [6.45, 7) is 1.43. The third kappa shape index (κ3) is 2.10. The van der Waals surface area contributed by atoms with Gasteiger partial charge in [0, 0.05) is 10.3 Å². The minimum atomic E-state index is -1.05. The molecule has 1 heterocycles. The lowest BCUT2D eigenvalue weighted by Crippen LogP contribution is -2.17. The first-order valence-corrected chi connectivity index (χ1v) is 4.83. The second kappa shape index (κ2) is 4.22. The maximum absolute atomic E-state index is 10.6. The van der Waals surface area contributed by atoms with E-state index >= 15 is 0 Å². The van der Waals surface area contributed by atoms with Gasteiger partial charge in [-0.2, -0.15) is 5.26 Å². The van der Waals surface area contributed by atoms with Gasteiger partial charge in [-0.15, -0.1) is 11.3 Å². The maximum Gasteiger partial charge on any atom is 0.309 e. The molecule has 0 fully saturated rings. The average molecular weight is 211 g/mol. The van der Waals surface area contributed by atoms with Crippen LogP contribution in [0.2, 0.25) is 0 Å². The first-order chi connectivity index (χ1) is 6.56. The van der Waals surface area contributed by atoms with E-state index in [4.69, 9.17) is 10.4 Å². The number of nitriles is 1. The molecule has 0 radical (unpaired) electrons. The molecule has 0 bridgehead atoms. The Balaban J connectivity index is 2.84. The van der Waals surface area contributed by atoms with E-state index in [0.717, 1.165) is 0 Å². The molecular weight excluding hydrogens is 202 g/mol. The van der Waals surface area contributed by atoms with Crippen molar-refractivity contribution in [2.45, 2.75) is 13.0 Å². The third-order valence-electron chi connectivity index (χ3n) is 1.90. The van der Waals surface area contributed by atoms with Gasteiger partial charge in [-0.1, -0.05) is 0 Å². The SMILES string of the molecule is CC(C(=O)O)C(O)c1cc(C#N)cs1. The van der Waals surface area contributed by atoms with Crippen LogP contribution in [0.25, 0.3) is 0 Å². The summed E-state index contributed by atoms with van der Waals surface area (Å²) in [6.07, 6.45) is -1.04. The molecule has 0 aromatic carbocycles. The molecule has 1 aromatic heterocycles. The molecule has 14 heavy (non-hydrogen) atoms. The largest absolute Gasteiger partial charge is 0.481 e. The number of carboxylic acids is 1. The Kier molecular flexibility index (Phi) is 3.23. The minimum Gasteiger partial charge on any atom is -0.481 e. The van der Waals surface area contributed by atoms with Gasteiger partial charge in [0.1, 0.15) is 12.2 Å². The van der Waals surface area contributed by atoms with E-state index in [1.165, 1.54) is 24.3 Å². The van der Waals surface area contributed by atoms with E-state index in [1.54, 1.807) is 5.38 Å². The zero-order valence-electron chi connectivity index (χ0n) is 7.47. The van der Waals surface area contributed by atoms with Crippen LogP contribution < -0.4 is 0 Å². The topological polar surface area (TPSA) is 81.3 Å². The van der Waals surface area contributed by atoms with Crippen molar-refractivity contribution in [2.75, 3.05) is 0 Å². The summed E-state index contributed by atoms with van der Waals surface area (Å²) in [7, 11) is 0. The van der Waals surface area contributed by atoms with E-state index in [0.29, 0.717) is 10.4 Å². The third-order valence-corrected chi connectivity index (χ3v) is 2.91. The summed E-state index contributed by atoms with van der Waals surface area (Å²) in [4.78, 5) is 11.1. The Morgan fingerprint density at radius 3 is 2.79 bits per heavy atom. The van der Waals surface area contributed by atoms with Crippen LogP contribution in [0.15, 0.2) is 11.4 Å². The summed E-state index contributed by atoms with van der Waals surface area (Å²) < 4.78 is 0. The van der Waals surface area contributed by atoms with E-state index in [-0.39, 0.29) is 0 Å². The molecule has 0 amide bonds. The van der Waals surface area contributed by atoms with E-state index < -0.39 is 18.0 Å². The Morgan fingerprint density at radius 1 is 1.71 bits per heavy atom. The monoisotopic (exact) mass is 211 g/mol. The number of carboxylic acid groups (broad SMARTS) is 1. The van der Waals surface area contributed by atoms with Crippen LogP contribution >= 0.6 is 11.3 Å². The Labute approximate surface area is 85.0 Å². The molecule has 74 valence electrons. The lowest BCUT2D eigenvalue weighted by molar-refractivity contribution is -0.144. The molecule has 1 aromatic rings. The summed E-state index contributed by atoms with van der Waals surface area (Å²) in [5.41, 5.74) is 0.446. The predicted molar refractivity (Wildman–Crippen MR) is 50.8 cm³/mol. The van der Waals surface area contributed by atoms with Crippen molar-refractivity contribution >= 4 is 17.3 Å². The van der Waals surface area contributed by atoms with Crippen LogP contribution in [0.1, 0.15) is 23.5 Å². The van der Waals surface area contributed by atoms with Gasteiger partial charge in [-0.05, 0) is 13.0 Å². The molecule has 4 nitrogen and oxygen atoms in total. The first-order valence-electron chi connectivity index (χ1n) is 3.95. The lowest BCUT2D eigenvalue weighted by atomic mass is 10.0. The standard InChI is InChI=1S/C9H9NO3S/c1-5(9(12)13)8(11)7-2-6(3-10)4-14-7/h2,4-5,8,11H,1H3,(H,12,13). The molecule has 0 aliphatic carbocycles. The predicted octanol–water partition coefficient (Wildman–Crippen LogP) is 1.37. The first kappa shape index (κ1) is 10.7. The fourth-order valence-electron chi connectivity index (χ4n) is 0.948. The highest BCUT2D eigenvalue weighted by Crippen LogP contribution is 2.27. The fraction of sp³-hybridized carbons (Fsp3) is 0.333. The molecule has 0 spiro atoms. The Hall–Kier alpha value is -1.38. The van der Waals surface area contributed by atoms with Crippen molar-refractivity contribution in [2.24, 2.45) is 5.92 Å². The Morgan fingerprint density at radius 2 is 2.36 bits per heavy atom. The van der Waals surface area contributed by atoms with Crippen LogP contribution in [0.4, 0.5) is 0 Å². The summed E-state index contributed by atoms with van der Waals surface area (Å²) in [5, 5.41) is 28.4. The van der Waals surface area contributed by atoms with Crippen molar-refractivity contribution in [1.29, 1.82) is 5.26 Å². The van der Waals surface area contributed by atoms with Crippen molar-refractivity contribution in [3.05, 3.63) is 21.9 Å². The smallest absolute Gasteiger partial charge is 0.309 e. The number of carbonyl (C=O) groups is 1. The van der Waals surface area contributed by atoms with Crippen LogP contribution in [-0.4, -0.2) is 16.2 Å². The molecule has 2 N–H and O–H groups in total. The molecule has 0 saturated carbocycles. The molecule has 1 rings (SSSR count). The average Bonchev–Trinajstić information content (AvgIpc) is 2.63. The summed E-state index contributed by atoms with van der Waals surface area (Å²) in [6, 6.07) is 3.43. The number of rotatable bonds is 3. The van der Waals surface area contributed by atoms with Gasteiger partial charge < -0.3 is 10.2 Å². The van der Waals surface area contributed by atoms with Gasteiger partial charge in [-0.3, -0.25) is 4.79 Å². The highest BCUT2D eigenvalue weighted by Gasteiger charge is 2.24. The lowest BCUT2D eigenvalue weighted by Gasteiger charge is -2.12. The highest BCUT2D eigenvalue weighted by atomic mass is 32.1. The number of aliphatic hydroxyl groups excluding tert-OH is 1. The van der Waals surface area contributed by atoms with E-state index in [1.807, 2.05) is 6.07 Å². The zero-order valence-corrected chi connectivity index (χ0v) is 8.28. The Bertz CT molecular complexity index is 380. The number of aliphatic carboxylic acids is 1. The van der Waals surface area contributed by atoms with Crippen LogP contribution in [0.3, 0.4) is 0 Å².